The van der Waals surface area contributed by atoms with Crippen molar-refractivity contribution in [2.24, 2.45) is 0 Å². The SMILES string of the molecule is CC1CCCC(C)N1C(=O)Nc1ccc(N)cc1. The van der Waals surface area contributed by atoms with Crippen molar-refractivity contribution in [2.45, 2.75) is 45.2 Å². The first-order valence-corrected chi connectivity index (χ1v) is 6.53. The summed E-state index contributed by atoms with van der Waals surface area (Å²) in [6, 6.07) is 7.83. The summed E-state index contributed by atoms with van der Waals surface area (Å²) in [4.78, 5) is 14.2. The molecule has 1 fully saturated rings. The van der Waals surface area contributed by atoms with Crippen molar-refractivity contribution < 1.29 is 4.79 Å². The summed E-state index contributed by atoms with van der Waals surface area (Å²) in [7, 11) is 0. The Hall–Kier alpha value is -1.71. The van der Waals surface area contributed by atoms with Crippen LogP contribution in [-0.4, -0.2) is 23.0 Å². The molecule has 2 atom stereocenters. The van der Waals surface area contributed by atoms with Gasteiger partial charge in [-0.2, -0.15) is 0 Å². The topological polar surface area (TPSA) is 58.4 Å². The normalized spacial score (nSPS) is 23.8. The number of carbonyl (C=O) groups is 1. The third-order valence-electron chi connectivity index (χ3n) is 3.59. The van der Waals surface area contributed by atoms with Gasteiger partial charge in [0.1, 0.15) is 0 Å². The third-order valence-corrected chi connectivity index (χ3v) is 3.59. The van der Waals surface area contributed by atoms with E-state index in [2.05, 4.69) is 19.2 Å². The number of nitrogen functional groups attached to an aromatic ring is 1. The number of piperidine rings is 1. The van der Waals surface area contributed by atoms with E-state index in [9.17, 15) is 4.79 Å². The highest BCUT2D eigenvalue weighted by Crippen LogP contribution is 2.23. The van der Waals surface area contributed by atoms with Crippen LogP contribution in [0.15, 0.2) is 24.3 Å². The number of nitrogens with one attached hydrogen (secondary N) is 1. The van der Waals surface area contributed by atoms with Gasteiger partial charge in [0.2, 0.25) is 0 Å². The second kappa shape index (κ2) is 5.29. The smallest absolute Gasteiger partial charge is 0.322 e. The molecule has 0 aliphatic carbocycles. The quantitative estimate of drug-likeness (QED) is 0.749. The standard InChI is InChI=1S/C14H21N3O/c1-10-4-3-5-11(2)17(10)14(18)16-13-8-6-12(15)7-9-13/h6-11H,3-5,15H2,1-2H3,(H,16,18). The molecule has 18 heavy (non-hydrogen) atoms. The van der Waals surface area contributed by atoms with Crippen molar-refractivity contribution in [1.29, 1.82) is 0 Å². The molecule has 98 valence electrons. The lowest BCUT2D eigenvalue weighted by atomic mass is 9.98. The van der Waals surface area contributed by atoms with E-state index in [1.165, 1.54) is 6.42 Å². The Morgan fingerprint density at radius 2 is 1.78 bits per heavy atom. The van der Waals surface area contributed by atoms with E-state index in [0.717, 1.165) is 18.5 Å². The Morgan fingerprint density at radius 3 is 2.33 bits per heavy atom. The summed E-state index contributed by atoms with van der Waals surface area (Å²) < 4.78 is 0. The van der Waals surface area contributed by atoms with Gasteiger partial charge in [-0.3, -0.25) is 0 Å². The predicted molar refractivity (Wildman–Crippen MR) is 74.5 cm³/mol. The lowest BCUT2D eigenvalue weighted by Gasteiger charge is -2.38. The fourth-order valence-corrected chi connectivity index (χ4v) is 2.58. The Balaban J connectivity index is 2.04. The number of nitrogens with two attached hydrogens (primary N) is 1. The maximum atomic E-state index is 12.3. The molecule has 0 radical (unpaired) electrons. The second-order valence-electron chi connectivity index (χ2n) is 5.09. The number of hydrogen-bond acceptors (Lipinski definition) is 2. The average Bonchev–Trinajstić information content (AvgIpc) is 2.32. The van der Waals surface area contributed by atoms with Gasteiger partial charge in [-0.15, -0.1) is 0 Å². The van der Waals surface area contributed by atoms with Gasteiger partial charge in [-0.05, 0) is 57.4 Å². The van der Waals surface area contributed by atoms with Gasteiger partial charge < -0.3 is 16.0 Å². The summed E-state index contributed by atoms with van der Waals surface area (Å²) in [5.41, 5.74) is 7.11. The van der Waals surface area contributed by atoms with Crippen molar-refractivity contribution in [3.8, 4) is 0 Å². The molecule has 3 N–H and O–H groups in total. The zero-order valence-electron chi connectivity index (χ0n) is 11.0. The molecule has 0 saturated carbocycles. The van der Waals surface area contributed by atoms with Crippen LogP contribution in [0.3, 0.4) is 0 Å². The van der Waals surface area contributed by atoms with Crippen molar-refractivity contribution in [3.05, 3.63) is 24.3 Å². The summed E-state index contributed by atoms with van der Waals surface area (Å²) >= 11 is 0. The highest BCUT2D eigenvalue weighted by atomic mass is 16.2. The van der Waals surface area contributed by atoms with E-state index < -0.39 is 0 Å². The van der Waals surface area contributed by atoms with Crippen LogP contribution < -0.4 is 11.1 Å². The first-order chi connectivity index (χ1) is 8.58. The summed E-state index contributed by atoms with van der Waals surface area (Å²) in [6.07, 6.45) is 3.37. The van der Waals surface area contributed by atoms with Crippen molar-refractivity contribution in [1.82, 2.24) is 4.90 Å². The van der Waals surface area contributed by atoms with Crippen LogP contribution in [-0.2, 0) is 0 Å². The molecule has 1 aliphatic rings. The zero-order chi connectivity index (χ0) is 13.1. The molecule has 0 spiro atoms. The average molecular weight is 247 g/mol. The lowest BCUT2D eigenvalue weighted by Crippen LogP contribution is -2.49. The minimum Gasteiger partial charge on any atom is -0.399 e. The fourth-order valence-electron chi connectivity index (χ4n) is 2.58. The van der Waals surface area contributed by atoms with E-state index in [1.54, 1.807) is 12.1 Å². The van der Waals surface area contributed by atoms with E-state index in [1.807, 2.05) is 17.0 Å². The fraction of sp³-hybridized carbons (Fsp3) is 0.500. The van der Waals surface area contributed by atoms with Gasteiger partial charge >= 0.3 is 6.03 Å². The van der Waals surface area contributed by atoms with Crippen LogP contribution in [0.5, 0.6) is 0 Å². The molecule has 1 saturated heterocycles. The van der Waals surface area contributed by atoms with E-state index in [-0.39, 0.29) is 6.03 Å². The van der Waals surface area contributed by atoms with E-state index in [0.29, 0.717) is 17.8 Å². The van der Waals surface area contributed by atoms with Crippen molar-refractivity contribution in [2.75, 3.05) is 11.1 Å². The number of urea groups is 1. The molecule has 2 rings (SSSR count). The molecule has 1 aromatic rings. The van der Waals surface area contributed by atoms with Crippen molar-refractivity contribution >= 4 is 17.4 Å². The maximum Gasteiger partial charge on any atom is 0.322 e. The van der Waals surface area contributed by atoms with Gasteiger partial charge in [0.15, 0.2) is 0 Å². The maximum absolute atomic E-state index is 12.3. The molecule has 2 amide bonds. The minimum absolute atomic E-state index is 0.0144. The molecule has 4 nitrogen and oxygen atoms in total. The minimum atomic E-state index is -0.0144. The number of hydrogen-bond donors (Lipinski definition) is 2. The molecular weight excluding hydrogens is 226 g/mol. The highest BCUT2D eigenvalue weighted by molar-refractivity contribution is 5.90. The Labute approximate surface area is 108 Å². The van der Waals surface area contributed by atoms with E-state index >= 15 is 0 Å². The number of benzene rings is 1. The molecule has 1 heterocycles. The Kier molecular flexibility index (Phi) is 3.75. The second-order valence-corrected chi connectivity index (χ2v) is 5.09. The van der Waals surface area contributed by atoms with Gasteiger partial charge in [-0.25, -0.2) is 4.79 Å². The van der Waals surface area contributed by atoms with Crippen LogP contribution >= 0.6 is 0 Å². The molecule has 1 aliphatic heterocycles. The van der Waals surface area contributed by atoms with Gasteiger partial charge in [0.25, 0.3) is 0 Å². The molecule has 4 heteroatoms. The van der Waals surface area contributed by atoms with Crippen LogP contribution in [0.2, 0.25) is 0 Å². The molecule has 1 aromatic carbocycles. The van der Waals surface area contributed by atoms with Crippen LogP contribution in [0.25, 0.3) is 0 Å². The van der Waals surface area contributed by atoms with Gasteiger partial charge in [-0.1, -0.05) is 0 Å². The van der Waals surface area contributed by atoms with Crippen LogP contribution in [0.1, 0.15) is 33.1 Å². The third kappa shape index (κ3) is 2.75. The number of rotatable bonds is 1. The molecule has 0 bridgehead atoms. The molecule has 2 unspecified atom stereocenters. The number of amides is 2. The summed E-state index contributed by atoms with van der Waals surface area (Å²) in [5, 5.41) is 2.93. The monoisotopic (exact) mass is 247 g/mol. The highest BCUT2D eigenvalue weighted by Gasteiger charge is 2.28. The predicted octanol–water partition coefficient (Wildman–Crippen LogP) is 3.06. The number of likely N-dealkylation sites (tertiary alicyclic amines) is 1. The van der Waals surface area contributed by atoms with Crippen LogP contribution in [0, 0.1) is 0 Å². The summed E-state index contributed by atoms with van der Waals surface area (Å²) in [5.74, 6) is 0. The summed E-state index contributed by atoms with van der Waals surface area (Å²) in [6.45, 7) is 4.22. The Morgan fingerprint density at radius 1 is 1.22 bits per heavy atom. The number of carbonyl (C=O) groups excluding carboxylic acids is 1. The largest absolute Gasteiger partial charge is 0.399 e. The zero-order valence-corrected chi connectivity index (χ0v) is 11.0. The first-order valence-electron chi connectivity index (χ1n) is 6.53. The molecule has 0 aromatic heterocycles. The first kappa shape index (κ1) is 12.7. The molecular formula is C14H21N3O. The Bertz CT molecular complexity index is 406. The number of nitrogens with zero attached hydrogens (tertiary/aromatic N) is 1. The number of anilines is 2. The van der Waals surface area contributed by atoms with Crippen LogP contribution in [0.4, 0.5) is 16.2 Å². The van der Waals surface area contributed by atoms with E-state index in [4.69, 9.17) is 5.73 Å². The lowest BCUT2D eigenvalue weighted by molar-refractivity contribution is 0.133. The van der Waals surface area contributed by atoms with Gasteiger partial charge in [0, 0.05) is 23.5 Å². The van der Waals surface area contributed by atoms with Crippen molar-refractivity contribution in [3.63, 3.8) is 0 Å². The van der Waals surface area contributed by atoms with Gasteiger partial charge in [0.05, 0.1) is 0 Å².